The number of anilines is 1. The van der Waals surface area contributed by atoms with Gasteiger partial charge in [0, 0.05) is 35.6 Å². The zero-order chi connectivity index (χ0) is 18.8. The Labute approximate surface area is 157 Å². The standard InChI is InChI=1S/C21H21N3O3/c1-26-17-5-3-4-14(10-17)19-8-9-24(21(19)25)16-6-7-18(20(11-16)27-2)15-12-22-23-13-15/h3-7,10-13,19H,8-9H2,1-2H3,(H,22,23)/t19-/m1/s1. The summed E-state index contributed by atoms with van der Waals surface area (Å²) in [6.45, 7) is 0.676. The molecule has 0 radical (unpaired) electrons. The zero-order valence-electron chi connectivity index (χ0n) is 15.3. The molecule has 3 aromatic rings. The summed E-state index contributed by atoms with van der Waals surface area (Å²) in [5.41, 5.74) is 3.71. The maximum atomic E-state index is 13.0. The lowest BCUT2D eigenvalue weighted by Crippen LogP contribution is -2.26. The first-order valence-electron chi connectivity index (χ1n) is 8.84. The molecule has 0 spiro atoms. The second-order valence-electron chi connectivity index (χ2n) is 6.48. The van der Waals surface area contributed by atoms with Gasteiger partial charge in [-0.15, -0.1) is 0 Å². The van der Waals surface area contributed by atoms with Crippen LogP contribution in [-0.4, -0.2) is 36.9 Å². The van der Waals surface area contributed by atoms with Gasteiger partial charge in [-0.05, 0) is 36.2 Å². The Bertz CT molecular complexity index is 953. The molecular weight excluding hydrogens is 342 g/mol. The lowest BCUT2D eigenvalue weighted by molar-refractivity contribution is -0.118. The number of hydrogen-bond acceptors (Lipinski definition) is 4. The number of methoxy groups -OCH3 is 2. The van der Waals surface area contributed by atoms with Crippen molar-refractivity contribution in [2.45, 2.75) is 12.3 Å². The van der Waals surface area contributed by atoms with Crippen LogP contribution in [0.2, 0.25) is 0 Å². The number of aromatic amines is 1. The van der Waals surface area contributed by atoms with E-state index in [1.165, 1.54) is 0 Å². The van der Waals surface area contributed by atoms with Crippen molar-refractivity contribution in [2.75, 3.05) is 25.7 Å². The first-order chi connectivity index (χ1) is 13.2. The Morgan fingerprint density at radius 2 is 2.04 bits per heavy atom. The van der Waals surface area contributed by atoms with Gasteiger partial charge >= 0.3 is 0 Å². The molecule has 27 heavy (non-hydrogen) atoms. The molecule has 2 aromatic carbocycles. The lowest BCUT2D eigenvalue weighted by Gasteiger charge is -2.19. The minimum Gasteiger partial charge on any atom is -0.497 e. The highest BCUT2D eigenvalue weighted by Crippen LogP contribution is 2.37. The van der Waals surface area contributed by atoms with Crippen molar-refractivity contribution >= 4 is 11.6 Å². The molecule has 0 bridgehead atoms. The van der Waals surface area contributed by atoms with Crippen molar-refractivity contribution in [3.63, 3.8) is 0 Å². The molecule has 1 saturated heterocycles. The van der Waals surface area contributed by atoms with Crippen molar-refractivity contribution in [1.29, 1.82) is 0 Å². The number of aromatic nitrogens is 2. The van der Waals surface area contributed by atoms with Gasteiger partial charge in [-0.3, -0.25) is 9.89 Å². The molecule has 6 nitrogen and oxygen atoms in total. The van der Waals surface area contributed by atoms with Gasteiger partial charge in [0.15, 0.2) is 0 Å². The summed E-state index contributed by atoms with van der Waals surface area (Å²) in [7, 11) is 3.27. The van der Waals surface area contributed by atoms with E-state index in [0.29, 0.717) is 12.3 Å². The summed E-state index contributed by atoms with van der Waals surface area (Å²) < 4.78 is 10.8. The van der Waals surface area contributed by atoms with Crippen molar-refractivity contribution in [2.24, 2.45) is 0 Å². The number of H-pyrrole nitrogens is 1. The Kier molecular flexibility index (Phi) is 4.54. The van der Waals surface area contributed by atoms with Crippen LogP contribution in [-0.2, 0) is 4.79 Å². The molecule has 1 aliphatic heterocycles. The third kappa shape index (κ3) is 3.14. The topological polar surface area (TPSA) is 67.4 Å². The largest absolute Gasteiger partial charge is 0.497 e. The van der Waals surface area contributed by atoms with E-state index in [1.807, 2.05) is 53.6 Å². The van der Waals surface area contributed by atoms with E-state index in [-0.39, 0.29) is 11.8 Å². The lowest BCUT2D eigenvalue weighted by atomic mass is 9.97. The van der Waals surface area contributed by atoms with Gasteiger partial charge in [0.25, 0.3) is 0 Å². The maximum Gasteiger partial charge on any atom is 0.234 e. The van der Waals surface area contributed by atoms with E-state index in [0.717, 1.165) is 34.5 Å². The van der Waals surface area contributed by atoms with Gasteiger partial charge in [-0.25, -0.2) is 0 Å². The van der Waals surface area contributed by atoms with Crippen LogP contribution in [0.3, 0.4) is 0 Å². The Hall–Kier alpha value is -3.28. The van der Waals surface area contributed by atoms with Gasteiger partial charge in [0.1, 0.15) is 11.5 Å². The number of amides is 1. The molecule has 1 amide bonds. The normalized spacial score (nSPS) is 16.6. The molecule has 0 unspecified atom stereocenters. The van der Waals surface area contributed by atoms with Gasteiger partial charge < -0.3 is 14.4 Å². The van der Waals surface area contributed by atoms with Gasteiger partial charge in [0.2, 0.25) is 5.91 Å². The number of hydrogen-bond donors (Lipinski definition) is 1. The number of nitrogens with one attached hydrogen (secondary N) is 1. The van der Waals surface area contributed by atoms with E-state index < -0.39 is 0 Å². The summed E-state index contributed by atoms with van der Waals surface area (Å²) in [6, 6.07) is 13.6. The summed E-state index contributed by atoms with van der Waals surface area (Å²) in [5.74, 6) is 1.43. The van der Waals surface area contributed by atoms with Crippen molar-refractivity contribution in [3.05, 3.63) is 60.4 Å². The van der Waals surface area contributed by atoms with Crippen LogP contribution in [0.25, 0.3) is 11.1 Å². The first kappa shape index (κ1) is 17.1. The molecule has 0 saturated carbocycles. The average Bonchev–Trinajstić information content (AvgIpc) is 3.37. The summed E-state index contributed by atoms with van der Waals surface area (Å²) in [4.78, 5) is 14.9. The fraction of sp³-hybridized carbons (Fsp3) is 0.238. The number of carbonyl (C=O) groups excluding carboxylic acids is 1. The highest BCUT2D eigenvalue weighted by Gasteiger charge is 2.34. The molecule has 1 aromatic heterocycles. The van der Waals surface area contributed by atoms with E-state index in [9.17, 15) is 4.79 Å². The fourth-order valence-corrected chi connectivity index (χ4v) is 3.59. The third-order valence-corrected chi connectivity index (χ3v) is 5.01. The van der Waals surface area contributed by atoms with Crippen molar-refractivity contribution in [1.82, 2.24) is 10.2 Å². The quantitative estimate of drug-likeness (QED) is 0.752. The summed E-state index contributed by atoms with van der Waals surface area (Å²) in [5, 5.41) is 6.80. The highest BCUT2D eigenvalue weighted by molar-refractivity contribution is 6.00. The minimum absolute atomic E-state index is 0.0985. The SMILES string of the molecule is COc1cccc([C@H]2CCN(c3ccc(-c4cn[nH]c4)c(OC)c3)C2=O)c1. The van der Waals surface area contributed by atoms with E-state index in [4.69, 9.17) is 9.47 Å². The molecular formula is C21H21N3O3. The molecule has 0 aliphatic carbocycles. The van der Waals surface area contributed by atoms with E-state index >= 15 is 0 Å². The molecule has 138 valence electrons. The highest BCUT2D eigenvalue weighted by atomic mass is 16.5. The molecule has 4 rings (SSSR count). The Balaban J connectivity index is 1.61. The molecule has 2 heterocycles. The van der Waals surface area contributed by atoms with Crippen molar-refractivity contribution < 1.29 is 14.3 Å². The maximum absolute atomic E-state index is 13.0. The second-order valence-corrected chi connectivity index (χ2v) is 6.48. The fourth-order valence-electron chi connectivity index (χ4n) is 3.59. The Morgan fingerprint density at radius 3 is 2.78 bits per heavy atom. The summed E-state index contributed by atoms with van der Waals surface area (Å²) >= 11 is 0. The summed E-state index contributed by atoms with van der Waals surface area (Å²) in [6.07, 6.45) is 4.34. The van der Waals surface area contributed by atoms with Crippen LogP contribution in [0.1, 0.15) is 17.9 Å². The van der Waals surface area contributed by atoms with Crippen LogP contribution in [0.15, 0.2) is 54.9 Å². The second kappa shape index (κ2) is 7.15. The number of benzene rings is 2. The Morgan fingerprint density at radius 1 is 1.15 bits per heavy atom. The number of nitrogens with zero attached hydrogens (tertiary/aromatic N) is 2. The third-order valence-electron chi connectivity index (χ3n) is 5.01. The monoisotopic (exact) mass is 363 g/mol. The molecule has 1 aliphatic rings. The van der Waals surface area contributed by atoms with Crippen LogP contribution in [0, 0.1) is 0 Å². The van der Waals surface area contributed by atoms with Crippen LogP contribution in [0.4, 0.5) is 5.69 Å². The first-order valence-corrected chi connectivity index (χ1v) is 8.84. The molecule has 6 heteroatoms. The molecule has 1 atom stereocenters. The minimum atomic E-state index is -0.153. The van der Waals surface area contributed by atoms with Crippen LogP contribution >= 0.6 is 0 Å². The molecule has 1 N–H and O–H groups in total. The van der Waals surface area contributed by atoms with Gasteiger partial charge in [-0.2, -0.15) is 5.10 Å². The predicted molar refractivity (Wildman–Crippen MR) is 103 cm³/mol. The van der Waals surface area contributed by atoms with Gasteiger partial charge in [-0.1, -0.05) is 12.1 Å². The number of rotatable bonds is 5. The molecule has 1 fully saturated rings. The van der Waals surface area contributed by atoms with Crippen LogP contribution < -0.4 is 14.4 Å². The smallest absolute Gasteiger partial charge is 0.234 e. The van der Waals surface area contributed by atoms with Crippen LogP contribution in [0.5, 0.6) is 11.5 Å². The predicted octanol–water partition coefficient (Wildman–Crippen LogP) is 3.61. The van der Waals surface area contributed by atoms with Crippen molar-refractivity contribution in [3.8, 4) is 22.6 Å². The average molecular weight is 363 g/mol. The number of ether oxygens (including phenoxy) is 2. The zero-order valence-corrected chi connectivity index (χ0v) is 15.3. The number of carbonyl (C=O) groups is 1. The van der Waals surface area contributed by atoms with E-state index in [1.54, 1.807) is 20.4 Å². The van der Waals surface area contributed by atoms with Gasteiger partial charge in [0.05, 0.1) is 26.3 Å². The van der Waals surface area contributed by atoms with E-state index in [2.05, 4.69) is 10.2 Å².